The molecule has 0 aliphatic carbocycles. The number of rotatable bonds is 6. The molecule has 0 spiro atoms. The molecule has 1 heterocycles. The number of aryl methyl sites for hydroxylation is 1. The fourth-order valence-electron chi connectivity index (χ4n) is 2.20. The van der Waals surface area contributed by atoms with Crippen LogP contribution in [-0.4, -0.2) is 16.7 Å². The summed E-state index contributed by atoms with van der Waals surface area (Å²) in [4.78, 5) is 0. The lowest BCUT2D eigenvalue weighted by atomic mass is 10.0. The van der Waals surface area contributed by atoms with E-state index in [9.17, 15) is 0 Å². The Morgan fingerprint density at radius 3 is 2.60 bits per heavy atom. The van der Waals surface area contributed by atoms with Crippen molar-refractivity contribution in [1.82, 2.24) is 15.5 Å². The molecule has 0 radical (unpaired) electrons. The van der Waals surface area contributed by atoms with Gasteiger partial charge in [-0.05, 0) is 38.4 Å². The van der Waals surface area contributed by atoms with Crippen LogP contribution in [0.4, 0.5) is 6.01 Å². The lowest BCUT2D eigenvalue weighted by Crippen LogP contribution is -2.17. The van der Waals surface area contributed by atoms with E-state index in [1.165, 1.54) is 11.1 Å². The molecule has 5 nitrogen and oxygen atoms in total. The third-order valence-electron chi connectivity index (χ3n) is 3.32. The van der Waals surface area contributed by atoms with Crippen molar-refractivity contribution in [3.63, 3.8) is 0 Å². The van der Waals surface area contributed by atoms with E-state index in [0.717, 1.165) is 6.54 Å². The first-order chi connectivity index (χ1) is 9.61. The van der Waals surface area contributed by atoms with E-state index in [-0.39, 0.29) is 12.1 Å². The second-order valence-electron chi connectivity index (χ2n) is 4.95. The van der Waals surface area contributed by atoms with Gasteiger partial charge < -0.3 is 15.1 Å². The molecule has 0 aliphatic rings. The minimum Gasteiger partial charge on any atom is -0.406 e. The molecule has 1 aromatic heterocycles. The average Bonchev–Trinajstić information content (AvgIpc) is 2.88. The molecule has 2 atom stereocenters. The van der Waals surface area contributed by atoms with Gasteiger partial charge in [0.15, 0.2) is 0 Å². The zero-order valence-electron chi connectivity index (χ0n) is 12.5. The fraction of sp³-hybridized carbons (Fsp3) is 0.467. The molecule has 0 bridgehead atoms. The van der Waals surface area contributed by atoms with Crippen molar-refractivity contribution in [3.8, 4) is 0 Å². The molecule has 0 saturated carbocycles. The summed E-state index contributed by atoms with van der Waals surface area (Å²) in [6, 6.07) is 8.92. The number of anilines is 1. The van der Waals surface area contributed by atoms with Crippen molar-refractivity contribution < 1.29 is 4.42 Å². The molecule has 0 saturated heterocycles. The Morgan fingerprint density at radius 1 is 1.15 bits per heavy atom. The van der Waals surface area contributed by atoms with Gasteiger partial charge in [0.1, 0.15) is 0 Å². The van der Waals surface area contributed by atoms with Crippen molar-refractivity contribution in [3.05, 3.63) is 41.3 Å². The Balaban J connectivity index is 2.05. The molecule has 2 unspecified atom stereocenters. The van der Waals surface area contributed by atoms with Crippen LogP contribution in [0.1, 0.15) is 49.9 Å². The highest BCUT2D eigenvalue weighted by Gasteiger charge is 2.15. The summed E-state index contributed by atoms with van der Waals surface area (Å²) >= 11 is 0. The molecule has 0 aliphatic heterocycles. The first-order valence-electron chi connectivity index (χ1n) is 7.00. The molecule has 0 fully saturated rings. The monoisotopic (exact) mass is 274 g/mol. The summed E-state index contributed by atoms with van der Waals surface area (Å²) in [5.41, 5.74) is 2.47. The Hall–Kier alpha value is -1.88. The summed E-state index contributed by atoms with van der Waals surface area (Å²) in [6.45, 7) is 9.10. The van der Waals surface area contributed by atoms with Crippen molar-refractivity contribution in [2.75, 3.05) is 11.9 Å². The van der Waals surface area contributed by atoms with Gasteiger partial charge in [0, 0.05) is 0 Å². The van der Waals surface area contributed by atoms with Crippen molar-refractivity contribution in [2.45, 2.75) is 39.8 Å². The Bertz CT molecular complexity index is 552. The van der Waals surface area contributed by atoms with E-state index in [1.54, 1.807) is 0 Å². The van der Waals surface area contributed by atoms with Gasteiger partial charge in [0.05, 0.1) is 12.1 Å². The summed E-state index contributed by atoms with van der Waals surface area (Å²) in [5, 5.41) is 14.6. The van der Waals surface area contributed by atoms with Crippen molar-refractivity contribution in [1.29, 1.82) is 0 Å². The lowest BCUT2D eigenvalue weighted by Gasteiger charge is -2.14. The maximum absolute atomic E-state index is 5.63. The first kappa shape index (κ1) is 14.5. The van der Waals surface area contributed by atoms with Crippen molar-refractivity contribution >= 4 is 6.01 Å². The van der Waals surface area contributed by atoms with Gasteiger partial charge in [-0.1, -0.05) is 36.3 Å². The van der Waals surface area contributed by atoms with Crippen molar-refractivity contribution in [2.24, 2.45) is 0 Å². The molecule has 5 heteroatoms. The second-order valence-corrected chi connectivity index (χ2v) is 4.95. The van der Waals surface area contributed by atoms with Crippen LogP contribution in [0.3, 0.4) is 0 Å². The molecule has 0 amide bonds. The van der Waals surface area contributed by atoms with Gasteiger partial charge in [-0.15, -0.1) is 5.10 Å². The Labute approximate surface area is 119 Å². The molecule has 2 aromatic rings. The minimum absolute atomic E-state index is 0.0665. The highest BCUT2D eigenvalue weighted by atomic mass is 16.4. The average molecular weight is 274 g/mol. The van der Waals surface area contributed by atoms with Gasteiger partial charge in [-0.2, -0.15) is 0 Å². The molecule has 108 valence electrons. The highest BCUT2D eigenvalue weighted by Crippen LogP contribution is 2.22. The standard InChI is InChI=1S/C15H22N4O/c1-5-16-12(4)14-18-19-15(20-14)17-11(3)13-9-7-6-8-10(13)2/h6-9,11-12,16H,5H2,1-4H3,(H,17,19). The summed E-state index contributed by atoms with van der Waals surface area (Å²) in [5.74, 6) is 0.603. The third kappa shape index (κ3) is 3.36. The molecular formula is C15H22N4O. The Kier molecular flexibility index (Phi) is 4.74. The summed E-state index contributed by atoms with van der Waals surface area (Å²) < 4.78 is 5.63. The summed E-state index contributed by atoms with van der Waals surface area (Å²) in [7, 11) is 0. The molecule has 2 rings (SSSR count). The zero-order chi connectivity index (χ0) is 14.5. The molecule has 20 heavy (non-hydrogen) atoms. The van der Waals surface area contributed by atoms with E-state index in [2.05, 4.69) is 46.8 Å². The normalized spacial score (nSPS) is 14.0. The predicted molar refractivity (Wildman–Crippen MR) is 79.6 cm³/mol. The van der Waals surface area contributed by atoms with Gasteiger partial charge in [0.25, 0.3) is 0 Å². The minimum atomic E-state index is 0.0665. The van der Waals surface area contributed by atoms with E-state index >= 15 is 0 Å². The maximum Gasteiger partial charge on any atom is 0.315 e. The number of benzene rings is 1. The topological polar surface area (TPSA) is 63.0 Å². The van der Waals surface area contributed by atoms with Crippen LogP contribution in [0.25, 0.3) is 0 Å². The molecular weight excluding hydrogens is 252 g/mol. The predicted octanol–water partition coefficient (Wildman–Crippen LogP) is 3.22. The largest absolute Gasteiger partial charge is 0.406 e. The van der Waals surface area contributed by atoms with Crippen LogP contribution in [0.15, 0.2) is 28.7 Å². The van der Waals surface area contributed by atoms with E-state index in [4.69, 9.17) is 4.42 Å². The van der Waals surface area contributed by atoms with Crippen LogP contribution in [0.2, 0.25) is 0 Å². The van der Waals surface area contributed by atoms with Crippen LogP contribution < -0.4 is 10.6 Å². The number of hydrogen-bond donors (Lipinski definition) is 2. The first-order valence-corrected chi connectivity index (χ1v) is 7.00. The van der Waals surface area contributed by atoms with Crippen LogP contribution in [0, 0.1) is 6.92 Å². The third-order valence-corrected chi connectivity index (χ3v) is 3.32. The van der Waals surface area contributed by atoms with E-state index in [0.29, 0.717) is 11.9 Å². The van der Waals surface area contributed by atoms with Gasteiger partial charge in [-0.25, -0.2) is 0 Å². The molecule has 1 aromatic carbocycles. The zero-order valence-corrected chi connectivity index (χ0v) is 12.5. The number of aromatic nitrogens is 2. The second kappa shape index (κ2) is 6.52. The smallest absolute Gasteiger partial charge is 0.315 e. The van der Waals surface area contributed by atoms with Crippen LogP contribution in [-0.2, 0) is 0 Å². The number of nitrogens with one attached hydrogen (secondary N) is 2. The lowest BCUT2D eigenvalue weighted by molar-refractivity contribution is 0.427. The summed E-state index contributed by atoms with van der Waals surface area (Å²) in [6.07, 6.45) is 0. The highest BCUT2D eigenvalue weighted by molar-refractivity contribution is 5.33. The van der Waals surface area contributed by atoms with Gasteiger partial charge >= 0.3 is 6.01 Å². The number of hydrogen-bond acceptors (Lipinski definition) is 5. The van der Waals surface area contributed by atoms with E-state index in [1.807, 2.05) is 26.0 Å². The maximum atomic E-state index is 5.63. The quantitative estimate of drug-likeness (QED) is 0.846. The Morgan fingerprint density at radius 2 is 1.90 bits per heavy atom. The SMILES string of the molecule is CCNC(C)c1nnc(NC(C)c2ccccc2C)o1. The van der Waals surface area contributed by atoms with Crippen LogP contribution in [0.5, 0.6) is 0 Å². The van der Waals surface area contributed by atoms with Gasteiger partial charge in [-0.3, -0.25) is 0 Å². The molecule has 2 N–H and O–H groups in total. The number of nitrogens with zero attached hydrogens (tertiary/aromatic N) is 2. The van der Waals surface area contributed by atoms with Crippen LogP contribution >= 0.6 is 0 Å². The van der Waals surface area contributed by atoms with Gasteiger partial charge in [0.2, 0.25) is 5.89 Å². The van der Waals surface area contributed by atoms with E-state index < -0.39 is 0 Å². The fourth-order valence-corrected chi connectivity index (χ4v) is 2.20.